The number of anilines is 2. The molecule has 2 rings (SSSR count). The molecule has 0 heterocycles. The van der Waals surface area contributed by atoms with Gasteiger partial charge in [-0.15, -0.1) is 0 Å². The summed E-state index contributed by atoms with van der Waals surface area (Å²) >= 11 is 0. The molecule has 0 radical (unpaired) electrons. The van der Waals surface area contributed by atoms with Gasteiger partial charge in [0.25, 0.3) is 5.91 Å². The van der Waals surface area contributed by atoms with E-state index in [1.165, 1.54) is 5.56 Å². The minimum atomic E-state index is -0.0926. The van der Waals surface area contributed by atoms with E-state index in [-0.39, 0.29) is 5.91 Å². The maximum absolute atomic E-state index is 12.4. The summed E-state index contributed by atoms with van der Waals surface area (Å²) in [6, 6.07) is 11.8. The molecule has 0 aliphatic heterocycles. The number of aryl methyl sites for hydroxylation is 3. The van der Waals surface area contributed by atoms with Crippen LogP contribution in [0.4, 0.5) is 11.4 Å². The molecule has 0 bridgehead atoms. The highest BCUT2D eigenvalue weighted by molar-refractivity contribution is 6.08. The Labute approximate surface area is 120 Å². The number of nitrogens with one attached hydrogen (secondary N) is 2. The molecule has 1 amide bonds. The standard InChI is InChI=1S/C17H20N2O/c1-11-5-7-15(13(3)9-11)19-17(20)14-10-12(2)6-8-16(14)18-4/h5-10,18H,1-4H3,(H,19,20). The Morgan fingerprint density at radius 1 is 0.900 bits per heavy atom. The molecule has 0 fully saturated rings. The minimum absolute atomic E-state index is 0.0926. The zero-order chi connectivity index (χ0) is 14.7. The van der Waals surface area contributed by atoms with Gasteiger partial charge in [-0.25, -0.2) is 0 Å². The number of carbonyl (C=O) groups is 1. The topological polar surface area (TPSA) is 41.1 Å². The summed E-state index contributed by atoms with van der Waals surface area (Å²) in [6.07, 6.45) is 0. The van der Waals surface area contributed by atoms with Crippen LogP contribution >= 0.6 is 0 Å². The first kappa shape index (κ1) is 14.1. The van der Waals surface area contributed by atoms with E-state index in [9.17, 15) is 4.79 Å². The van der Waals surface area contributed by atoms with Crippen LogP contribution in [0.1, 0.15) is 27.0 Å². The van der Waals surface area contributed by atoms with Gasteiger partial charge in [-0.3, -0.25) is 4.79 Å². The van der Waals surface area contributed by atoms with E-state index in [4.69, 9.17) is 0 Å². The van der Waals surface area contributed by atoms with Crippen LogP contribution in [-0.2, 0) is 0 Å². The monoisotopic (exact) mass is 268 g/mol. The Morgan fingerprint density at radius 3 is 2.10 bits per heavy atom. The van der Waals surface area contributed by atoms with Gasteiger partial charge >= 0.3 is 0 Å². The van der Waals surface area contributed by atoms with Crippen LogP contribution in [-0.4, -0.2) is 13.0 Å². The summed E-state index contributed by atoms with van der Waals surface area (Å²) in [5, 5.41) is 6.03. The number of hydrogen-bond acceptors (Lipinski definition) is 2. The maximum atomic E-state index is 12.4. The summed E-state index contributed by atoms with van der Waals surface area (Å²) in [6.45, 7) is 6.02. The number of carbonyl (C=O) groups excluding carboxylic acids is 1. The van der Waals surface area contributed by atoms with E-state index in [1.807, 2.05) is 58.2 Å². The predicted molar refractivity (Wildman–Crippen MR) is 84.6 cm³/mol. The highest BCUT2D eigenvalue weighted by Gasteiger charge is 2.12. The summed E-state index contributed by atoms with van der Waals surface area (Å²) in [5.41, 5.74) is 5.66. The van der Waals surface area contributed by atoms with Crippen molar-refractivity contribution in [2.75, 3.05) is 17.7 Å². The van der Waals surface area contributed by atoms with Crippen LogP contribution in [0.2, 0.25) is 0 Å². The van der Waals surface area contributed by atoms with Crippen molar-refractivity contribution in [2.45, 2.75) is 20.8 Å². The molecule has 20 heavy (non-hydrogen) atoms. The third kappa shape index (κ3) is 2.99. The number of amides is 1. The predicted octanol–water partition coefficient (Wildman–Crippen LogP) is 3.91. The second-order valence-corrected chi connectivity index (χ2v) is 5.07. The molecule has 0 atom stereocenters. The average molecular weight is 268 g/mol. The van der Waals surface area contributed by atoms with Crippen molar-refractivity contribution in [2.24, 2.45) is 0 Å². The number of rotatable bonds is 3. The lowest BCUT2D eigenvalue weighted by molar-refractivity contribution is 0.102. The molecule has 3 nitrogen and oxygen atoms in total. The fraction of sp³-hybridized carbons (Fsp3) is 0.235. The van der Waals surface area contributed by atoms with E-state index < -0.39 is 0 Å². The van der Waals surface area contributed by atoms with Crippen molar-refractivity contribution >= 4 is 17.3 Å². The fourth-order valence-electron chi connectivity index (χ4n) is 2.21. The Kier molecular flexibility index (Phi) is 4.08. The second-order valence-electron chi connectivity index (χ2n) is 5.07. The summed E-state index contributed by atoms with van der Waals surface area (Å²) in [7, 11) is 1.82. The van der Waals surface area contributed by atoms with E-state index in [1.54, 1.807) is 0 Å². The molecule has 0 aliphatic carbocycles. The van der Waals surface area contributed by atoms with Gasteiger partial charge in [-0.05, 0) is 44.5 Å². The Hall–Kier alpha value is -2.29. The van der Waals surface area contributed by atoms with Gasteiger partial charge in [-0.1, -0.05) is 29.3 Å². The maximum Gasteiger partial charge on any atom is 0.257 e. The molecular formula is C17H20N2O. The van der Waals surface area contributed by atoms with Gasteiger partial charge in [0, 0.05) is 18.4 Å². The molecule has 0 aromatic heterocycles. The SMILES string of the molecule is CNc1ccc(C)cc1C(=O)Nc1ccc(C)cc1C. The summed E-state index contributed by atoms with van der Waals surface area (Å²) in [4.78, 5) is 12.4. The molecule has 0 spiro atoms. The van der Waals surface area contributed by atoms with Crippen molar-refractivity contribution in [3.8, 4) is 0 Å². The van der Waals surface area contributed by atoms with Gasteiger partial charge in [-0.2, -0.15) is 0 Å². The van der Waals surface area contributed by atoms with E-state index >= 15 is 0 Å². The van der Waals surface area contributed by atoms with Crippen molar-refractivity contribution in [3.63, 3.8) is 0 Å². The van der Waals surface area contributed by atoms with Crippen LogP contribution < -0.4 is 10.6 Å². The van der Waals surface area contributed by atoms with Crippen LogP contribution in [0.5, 0.6) is 0 Å². The lowest BCUT2D eigenvalue weighted by Gasteiger charge is -2.12. The zero-order valence-electron chi connectivity index (χ0n) is 12.4. The lowest BCUT2D eigenvalue weighted by atomic mass is 10.1. The molecule has 104 valence electrons. The lowest BCUT2D eigenvalue weighted by Crippen LogP contribution is -2.15. The first-order valence-corrected chi connectivity index (χ1v) is 6.68. The van der Waals surface area contributed by atoms with Gasteiger partial charge in [0.05, 0.1) is 5.56 Å². The van der Waals surface area contributed by atoms with E-state index in [0.717, 1.165) is 22.5 Å². The van der Waals surface area contributed by atoms with Gasteiger partial charge in [0.2, 0.25) is 0 Å². The smallest absolute Gasteiger partial charge is 0.257 e. The molecule has 0 unspecified atom stereocenters. The molecule has 2 aromatic carbocycles. The molecule has 2 N–H and O–H groups in total. The van der Waals surface area contributed by atoms with Crippen LogP contribution in [0.15, 0.2) is 36.4 Å². The molecular weight excluding hydrogens is 248 g/mol. The van der Waals surface area contributed by atoms with Gasteiger partial charge in [0.15, 0.2) is 0 Å². The molecule has 0 saturated heterocycles. The fourth-order valence-corrected chi connectivity index (χ4v) is 2.21. The van der Waals surface area contributed by atoms with Gasteiger partial charge in [0.1, 0.15) is 0 Å². The third-order valence-electron chi connectivity index (χ3n) is 3.32. The number of hydrogen-bond donors (Lipinski definition) is 2. The number of benzene rings is 2. The van der Waals surface area contributed by atoms with Crippen LogP contribution in [0.25, 0.3) is 0 Å². The second kappa shape index (κ2) is 5.78. The first-order valence-electron chi connectivity index (χ1n) is 6.68. The molecule has 3 heteroatoms. The van der Waals surface area contributed by atoms with Crippen molar-refractivity contribution in [3.05, 3.63) is 58.7 Å². The Bertz CT molecular complexity index is 647. The quantitative estimate of drug-likeness (QED) is 0.886. The van der Waals surface area contributed by atoms with E-state index in [2.05, 4.69) is 16.7 Å². The zero-order valence-corrected chi connectivity index (χ0v) is 12.4. The van der Waals surface area contributed by atoms with Gasteiger partial charge < -0.3 is 10.6 Å². The molecule has 0 saturated carbocycles. The third-order valence-corrected chi connectivity index (χ3v) is 3.32. The highest BCUT2D eigenvalue weighted by Crippen LogP contribution is 2.21. The molecule has 0 aliphatic rings. The minimum Gasteiger partial charge on any atom is -0.387 e. The summed E-state index contributed by atoms with van der Waals surface area (Å²) < 4.78 is 0. The van der Waals surface area contributed by atoms with Crippen LogP contribution in [0, 0.1) is 20.8 Å². The summed E-state index contributed by atoms with van der Waals surface area (Å²) in [5.74, 6) is -0.0926. The highest BCUT2D eigenvalue weighted by atomic mass is 16.1. The van der Waals surface area contributed by atoms with Crippen LogP contribution in [0.3, 0.4) is 0 Å². The Balaban J connectivity index is 2.30. The average Bonchev–Trinajstić information content (AvgIpc) is 2.41. The first-order chi connectivity index (χ1) is 9.51. The van der Waals surface area contributed by atoms with E-state index in [0.29, 0.717) is 5.56 Å². The normalized spacial score (nSPS) is 10.2. The van der Waals surface area contributed by atoms with Crippen molar-refractivity contribution in [1.82, 2.24) is 0 Å². The largest absolute Gasteiger partial charge is 0.387 e. The van der Waals surface area contributed by atoms with Crippen molar-refractivity contribution in [1.29, 1.82) is 0 Å². The Morgan fingerprint density at radius 2 is 1.50 bits per heavy atom. The van der Waals surface area contributed by atoms with Crippen molar-refractivity contribution < 1.29 is 4.79 Å². The molecule has 2 aromatic rings.